The maximum absolute atomic E-state index is 14.0. The molecule has 0 aliphatic heterocycles. The number of carbonyl (C=O) groups is 1. The van der Waals surface area contributed by atoms with Crippen LogP contribution in [0.1, 0.15) is 35.3 Å². The van der Waals surface area contributed by atoms with E-state index in [2.05, 4.69) is 10.0 Å². The number of rotatable bonds is 5. The van der Waals surface area contributed by atoms with Crippen LogP contribution < -0.4 is 10.0 Å². The number of aryl methyl sites for hydroxylation is 2. The summed E-state index contributed by atoms with van der Waals surface area (Å²) in [6.07, 6.45) is 0. The van der Waals surface area contributed by atoms with Crippen molar-refractivity contribution in [2.75, 3.05) is 5.32 Å². The van der Waals surface area contributed by atoms with Crippen molar-refractivity contribution in [3.8, 4) is 0 Å². The lowest BCUT2D eigenvalue weighted by Crippen LogP contribution is -2.30. The Morgan fingerprint density at radius 3 is 2.32 bits per heavy atom. The van der Waals surface area contributed by atoms with Gasteiger partial charge in [0, 0.05) is 11.7 Å². The van der Waals surface area contributed by atoms with Crippen molar-refractivity contribution in [2.24, 2.45) is 0 Å². The summed E-state index contributed by atoms with van der Waals surface area (Å²) < 4.78 is 40.9. The van der Waals surface area contributed by atoms with Crippen LogP contribution in [0.15, 0.2) is 41.3 Å². The zero-order chi connectivity index (χ0) is 18.8. The summed E-state index contributed by atoms with van der Waals surface area (Å²) >= 11 is 0. The molecule has 0 saturated heterocycles. The average Bonchev–Trinajstić information content (AvgIpc) is 2.49. The molecule has 0 atom stereocenters. The van der Waals surface area contributed by atoms with E-state index >= 15 is 0 Å². The van der Waals surface area contributed by atoms with Crippen LogP contribution in [0.4, 0.5) is 10.1 Å². The molecule has 1 amide bonds. The molecule has 2 rings (SSSR count). The molecule has 0 heterocycles. The highest BCUT2D eigenvalue weighted by Gasteiger charge is 2.20. The van der Waals surface area contributed by atoms with Crippen molar-refractivity contribution in [1.29, 1.82) is 0 Å². The van der Waals surface area contributed by atoms with Crippen LogP contribution >= 0.6 is 0 Å². The van der Waals surface area contributed by atoms with Crippen LogP contribution in [0.3, 0.4) is 0 Å². The average molecular weight is 364 g/mol. The first-order chi connectivity index (χ1) is 11.6. The maximum Gasteiger partial charge on any atom is 0.258 e. The van der Waals surface area contributed by atoms with Gasteiger partial charge in [0.2, 0.25) is 10.0 Å². The largest absolute Gasteiger partial charge is 0.322 e. The number of benzene rings is 2. The minimum absolute atomic E-state index is 0.159. The normalized spacial score (nSPS) is 11.6. The zero-order valence-electron chi connectivity index (χ0n) is 14.6. The van der Waals surface area contributed by atoms with Crippen LogP contribution in [-0.4, -0.2) is 20.4 Å². The number of halogens is 1. The number of amides is 1. The van der Waals surface area contributed by atoms with E-state index in [0.29, 0.717) is 5.69 Å². The van der Waals surface area contributed by atoms with Gasteiger partial charge in [-0.15, -0.1) is 0 Å². The fraction of sp³-hybridized carbons (Fsp3) is 0.278. The third-order valence-electron chi connectivity index (χ3n) is 3.65. The highest BCUT2D eigenvalue weighted by molar-refractivity contribution is 7.89. The van der Waals surface area contributed by atoms with Gasteiger partial charge in [-0.1, -0.05) is 6.07 Å². The van der Waals surface area contributed by atoms with Gasteiger partial charge in [-0.2, -0.15) is 0 Å². The molecule has 0 radical (unpaired) electrons. The topological polar surface area (TPSA) is 75.3 Å². The summed E-state index contributed by atoms with van der Waals surface area (Å²) in [4.78, 5) is 12.2. The lowest BCUT2D eigenvalue weighted by atomic mass is 10.1. The maximum atomic E-state index is 14.0. The number of carbonyl (C=O) groups excluding carboxylic acids is 1. The van der Waals surface area contributed by atoms with Gasteiger partial charge in [0.25, 0.3) is 5.91 Å². The van der Waals surface area contributed by atoms with Gasteiger partial charge in [0.05, 0.1) is 10.5 Å². The van der Waals surface area contributed by atoms with E-state index in [1.165, 1.54) is 0 Å². The summed E-state index contributed by atoms with van der Waals surface area (Å²) in [6, 6.07) is 8.15. The van der Waals surface area contributed by atoms with Crippen LogP contribution in [0.2, 0.25) is 0 Å². The number of hydrogen-bond donors (Lipinski definition) is 2. The summed E-state index contributed by atoms with van der Waals surface area (Å²) in [7, 11) is -3.81. The van der Waals surface area contributed by atoms with Crippen LogP contribution in [0.5, 0.6) is 0 Å². The van der Waals surface area contributed by atoms with Gasteiger partial charge in [-0.3, -0.25) is 4.79 Å². The fourth-order valence-electron chi connectivity index (χ4n) is 2.24. The van der Waals surface area contributed by atoms with E-state index in [0.717, 1.165) is 29.3 Å². The molecule has 2 aromatic rings. The number of nitrogens with one attached hydrogen (secondary N) is 2. The second-order valence-electron chi connectivity index (χ2n) is 6.17. The molecule has 0 aliphatic rings. The summed E-state index contributed by atoms with van der Waals surface area (Å²) in [5, 5.41) is 2.59. The highest BCUT2D eigenvalue weighted by Crippen LogP contribution is 2.19. The Morgan fingerprint density at radius 2 is 1.72 bits per heavy atom. The second kappa shape index (κ2) is 7.33. The molecule has 25 heavy (non-hydrogen) atoms. The van der Waals surface area contributed by atoms with Gasteiger partial charge in [0.1, 0.15) is 5.82 Å². The van der Waals surface area contributed by atoms with Gasteiger partial charge in [0.15, 0.2) is 0 Å². The molecule has 134 valence electrons. The third kappa shape index (κ3) is 4.64. The third-order valence-corrected chi connectivity index (χ3v) is 5.30. The van der Waals surface area contributed by atoms with E-state index in [4.69, 9.17) is 0 Å². The lowest BCUT2D eigenvalue weighted by molar-refractivity contribution is 0.102. The molecule has 0 saturated carbocycles. The predicted molar refractivity (Wildman–Crippen MR) is 95.7 cm³/mol. The quantitative estimate of drug-likeness (QED) is 0.854. The molecular weight excluding hydrogens is 343 g/mol. The van der Waals surface area contributed by atoms with E-state index in [-0.39, 0.29) is 16.5 Å². The minimum atomic E-state index is -3.81. The summed E-state index contributed by atoms with van der Waals surface area (Å²) in [5.41, 5.74) is 2.23. The predicted octanol–water partition coefficient (Wildman–Crippen LogP) is 3.38. The van der Waals surface area contributed by atoms with E-state index in [1.807, 2.05) is 19.9 Å². The van der Waals surface area contributed by atoms with Gasteiger partial charge in [-0.05, 0) is 69.2 Å². The number of anilines is 1. The first-order valence-electron chi connectivity index (χ1n) is 7.80. The molecule has 2 N–H and O–H groups in total. The first-order valence-corrected chi connectivity index (χ1v) is 9.29. The Morgan fingerprint density at radius 1 is 1.04 bits per heavy atom. The van der Waals surface area contributed by atoms with Crippen molar-refractivity contribution in [2.45, 2.75) is 38.6 Å². The Kier molecular flexibility index (Phi) is 5.59. The van der Waals surface area contributed by atoms with Crippen molar-refractivity contribution in [1.82, 2.24) is 4.72 Å². The molecule has 0 fully saturated rings. The number of sulfonamides is 1. The lowest BCUT2D eigenvalue weighted by Gasteiger charge is -2.12. The monoisotopic (exact) mass is 364 g/mol. The number of hydrogen-bond acceptors (Lipinski definition) is 3. The van der Waals surface area contributed by atoms with E-state index < -0.39 is 21.7 Å². The zero-order valence-corrected chi connectivity index (χ0v) is 15.4. The highest BCUT2D eigenvalue weighted by atomic mass is 32.2. The van der Waals surface area contributed by atoms with Gasteiger partial charge in [-0.25, -0.2) is 17.5 Å². The smallest absolute Gasteiger partial charge is 0.258 e. The summed E-state index contributed by atoms with van der Waals surface area (Å²) in [6.45, 7) is 7.19. The van der Waals surface area contributed by atoms with Crippen LogP contribution in [0, 0.1) is 19.7 Å². The molecule has 0 bridgehead atoms. The van der Waals surface area contributed by atoms with E-state index in [9.17, 15) is 17.6 Å². The van der Waals surface area contributed by atoms with Crippen molar-refractivity contribution in [3.05, 3.63) is 58.9 Å². The molecule has 0 aromatic heterocycles. The minimum Gasteiger partial charge on any atom is -0.322 e. The molecule has 7 heteroatoms. The molecule has 0 aliphatic carbocycles. The van der Waals surface area contributed by atoms with Crippen molar-refractivity contribution < 1.29 is 17.6 Å². The summed E-state index contributed by atoms with van der Waals surface area (Å²) in [5.74, 6) is -1.49. The SMILES string of the molecule is Cc1ccc(NC(=O)c2cc(S(=O)(=O)NC(C)C)ccc2F)cc1C. The van der Waals surface area contributed by atoms with Crippen molar-refractivity contribution in [3.63, 3.8) is 0 Å². The Labute approximate surface area is 147 Å². The molecule has 0 spiro atoms. The molecule has 2 aromatic carbocycles. The molecule has 5 nitrogen and oxygen atoms in total. The Bertz CT molecular complexity index is 909. The Balaban J connectivity index is 2.33. The van der Waals surface area contributed by atoms with Crippen LogP contribution in [-0.2, 0) is 10.0 Å². The van der Waals surface area contributed by atoms with E-state index in [1.54, 1.807) is 26.0 Å². The first kappa shape index (κ1) is 19.1. The molecular formula is C18H21FN2O3S. The van der Waals surface area contributed by atoms with Crippen LogP contribution in [0.25, 0.3) is 0 Å². The van der Waals surface area contributed by atoms with Gasteiger partial charge < -0.3 is 5.32 Å². The fourth-order valence-corrected chi connectivity index (χ4v) is 3.52. The van der Waals surface area contributed by atoms with Gasteiger partial charge >= 0.3 is 0 Å². The standard InChI is InChI=1S/C18H21FN2O3S/c1-11(2)21-25(23,24)15-7-8-17(19)16(10-15)18(22)20-14-6-5-12(3)13(4)9-14/h5-11,21H,1-4H3,(H,20,22). The van der Waals surface area contributed by atoms with Crippen molar-refractivity contribution >= 4 is 21.6 Å². The molecule has 0 unspecified atom stereocenters. The second-order valence-corrected chi connectivity index (χ2v) is 7.88. The Hall–Kier alpha value is -2.25.